The molecule has 5 heteroatoms. The lowest BCUT2D eigenvalue weighted by Crippen LogP contribution is -2.24. The number of aromatic nitrogens is 1. The Balaban J connectivity index is 1.70. The summed E-state index contributed by atoms with van der Waals surface area (Å²) in [4.78, 5) is 5.58. The fourth-order valence-corrected chi connectivity index (χ4v) is 3.18. The maximum Gasteiger partial charge on any atom is 0.345 e. The number of alkyl halides is 2. The molecule has 1 aliphatic rings. The summed E-state index contributed by atoms with van der Waals surface area (Å²) in [5.74, 6) is 0. The lowest BCUT2D eigenvalue weighted by molar-refractivity contribution is -0.158. The normalized spacial score (nSPS) is 20.0. The number of hydrogen-bond acceptors (Lipinski definition) is 2. The van der Waals surface area contributed by atoms with E-state index in [1.807, 2.05) is 0 Å². The predicted octanol–water partition coefficient (Wildman–Crippen LogP) is 3.60. The number of H-pyrrole nitrogens is 1. The van der Waals surface area contributed by atoms with E-state index in [1.54, 1.807) is 0 Å². The largest absolute Gasteiger partial charge is 0.357 e. The molecule has 1 aromatic carbocycles. The molecule has 2 heterocycles. The van der Waals surface area contributed by atoms with Gasteiger partial charge in [-0.25, -0.2) is 0 Å². The Morgan fingerprint density at radius 2 is 2.14 bits per heavy atom. The Morgan fingerprint density at radius 3 is 2.90 bits per heavy atom. The van der Waals surface area contributed by atoms with E-state index in [9.17, 15) is 8.78 Å². The van der Waals surface area contributed by atoms with Gasteiger partial charge in [-0.05, 0) is 43.5 Å². The molecule has 0 saturated carbocycles. The minimum absolute atomic E-state index is 0.349. The SMILES string of the molecule is Cc1cc(C)c2cc(CN3CC[C@H](OC(F)F)C3)[nH]c2c1. The summed E-state index contributed by atoms with van der Waals surface area (Å²) in [6, 6.07) is 6.46. The first kappa shape index (κ1) is 14.5. The Kier molecular flexibility index (Phi) is 3.95. The van der Waals surface area contributed by atoms with Gasteiger partial charge in [0, 0.05) is 36.2 Å². The van der Waals surface area contributed by atoms with Crippen LogP contribution in [-0.2, 0) is 11.3 Å². The quantitative estimate of drug-likeness (QED) is 0.933. The fraction of sp³-hybridized carbons (Fsp3) is 0.500. The van der Waals surface area contributed by atoms with Gasteiger partial charge in [0.15, 0.2) is 0 Å². The Hall–Kier alpha value is -1.46. The van der Waals surface area contributed by atoms with E-state index >= 15 is 0 Å². The highest BCUT2D eigenvalue weighted by Crippen LogP contribution is 2.23. The van der Waals surface area contributed by atoms with E-state index in [-0.39, 0.29) is 6.10 Å². The second-order valence-corrected chi connectivity index (χ2v) is 5.88. The highest BCUT2D eigenvalue weighted by molar-refractivity contribution is 5.84. The first-order valence-corrected chi connectivity index (χ1v) is 7.26. The number of aryl methyl sites for hydroxylation is 2. The van der Waals surface area contributed by atoms with Crippen molar-refractivity contribution in [3.63, 3.8) is 0 Å². The Labute approximate surface area is 122 Å². The molecule has 1 aromatic heterocycles. The van der Waals surface area contributed by atoms with Crippen LogP contribution in [0.4, 0.5) is 8.78 Å². The van der Waals surface area contributed by atoms with Crippen molar-refractivity contribution in [1.82, 2.24) is 9.88 Å². The van der Waals surface area contributed by atoms with Crippen molar-refractivity contribution < 1.29 is 13.5 Å². The van der Waals surface area contributed by atoms with Crippen LogP contribution in [0.15, 0.2) is 18.2 Å². The number of ether oxygens (including phenoxy) is 1. The first-order valence-electron chi connectivity index (χ1n) is 7.26. The first-order chi connectivity index (χ1) is 10.0. The maximum absolute atomic E-state index is 12.2. The van der Waals surface area contributed by atoms with Gasteiger partial charge in [-0.1, -0.05) is 6.07 Å². The highest BCUT2D eigenvalue weighted by Gasteiger charge is 2.25. The molecule has 0 spiro atoms. The summed E-state index contributed by atoms with van der Waals surface area (Å²) in [5.41, 5.74) is 4.76. The number of benzene rings is 1. The number of halogens is 2. The monoisotopic (exact) mass is 294 g/mol. The molecule has 1 aliphatic heterocycles. The zero-order valence-corrected chi connectivity index (χ0v) is 12.3. The average Bonchev–Trinajstić information content (AvgIpc) is 2.96. The number of likely N-dealkylation sites (tertiary alicyclic amines) is 1. The van der Waals surface area contributed by atoms with Gasteiger partial charge in [0.25, 0.3) is 0 Å². The van der Waals surface area contributed by atoms with Crippen molar-refractivity contribution in [1.29, 1.82) is 0 Å². The third-order valence-corrected chi connectivity index (χ3v) is 4.06. The van der Waals surface area contributed by atoms with Crippen LogP contribution in [0.3, 0.4) is 0 Å². The second kappa shape index (κ2) is 5.73. The zero-order valence-electron chi connectivity index (χ0n) is 12.3. The second-order valence-electron chi connectivity index (χ2n) is 5.88. The van der Waals surface area contributed by atoms with Crippen LogP contribution in [0.2, 0.25) is 0 Å². The molecule has 1 fully saturated rings. The number of hydrogen-bond donors (Lipinski definition) is 1. The van der Waals surface area contributed by atoms with Crippen LogP contribution in [0, 0.1) is 13.8 Å². The van der Waals surface area contributed by atoms with Gasteiger partial charge in [-0.3, -0.25) is 4.90 Å². The molecule has 21 heavy (non-hydrogen) atoms. The predicted molar refractivity (Wildman–Crippen MR) is 78.5 cm³/mol. The van der Waals surface area contributed by atoms with Gasteiger partial charge in [0.1, 0.15) is 0 Å². The summed E-state index contributed by atoms with van der Waals surface area (Å²) >= 11 is 0. The van der Waals surface area contributed by atoms with E-state index < -0.39 is 6.61 Å². The number of aromatic amines is 1. The van der Waals surface area contributed by atoms with E-state index in [0.717, 1.165) is 24.3 Å². The Morgan fingerprint density at radius 1 is 1.33 bits per heavy atom. The van der Waals surface area contributed by atoms with Gasteiger partial charge in [0.2, 0.25) is 0 Å². The molecule has 0 unspecified atom stereocenters. The molecule has 0 amide bonds. The average molecular weight is 294 g/mol. The lowest BCUT2D eigenvalue weighted by Gasteiger charge is -2.15. The summed E-state index contributed by atoms with van der Waals surface area (Å²) in [6.45, 7) is 3.63. The van der Waals surface area contributed by atoms with Crippen LogP contribution in [-0.4, -0.2) is 35.7 Å². The molecule has 1 N–H and O–H groups in total. The van der Waals surface area contributed by atoms with Crippen molar-refractivity contribution >= 4 is 10.9 Å². The summed E-state index contributed by atoms with van der Waals surface area (Å²) < 4.78 is 29.0. The van der Waals surface area contributed by atoms with Crippen molar-refractivity contribution in [2.45, 2.75) is 39.5 Å². The molecule has 0 radical (unpaired) electrons. The number of rotatable bonds is 4. The van der Waals surface area contributed by atoms with Gasteiger partial charge in [-0.2, -0.15) is 8.78 Å². The summed E-state index contributed by atoms with van der Waals surface area (Å²) in [7, 11) is 0. The molecule has 0 aliphatic carbocycles. The molecule has 1 atom stereocenters. The Bertz CT molecular complexity index is 638. The van der Waals surface area contributed by atoms with Crippen molar-refractivity contribution in [2.75, 3.05) is 13.1 Å². The molecule has 3 rings (SSSR count). The number of nitrogens with one attached hydrogen (secondary N) is 1. The topological polar surface area (TPSA) is 28.3 Å². The summed E-state index contributed by atoms with van der Waals surface area (Å²) in [5, 5.41) is 1.23. The van der Waals surface area contributed by atoms with E-state index in [0.29, 0.717) is 13.0 Å². The van der Waals surface area contributed by atoms with Crippen LogP contribution in [0.1, 0.15) is 23.2 Å². The third-order valence-electron chi connectivity index (χ3n) is 4.06. The highest BCUT2D eigenvalue weighted by atomic mass is 19.3. The zero-order chi connectivity index (χ0) is 15.0. The van der Waals surface area contributed by atoms with Crippen LogP contribution >= 0.6 is 0 Å². The minimum Gasteiger partial charge on any atom is -0.357 e. The van der Waals surface area contributed by atoms with Crippen molar-refractivity contribution in [2.24, 2.45) is 0 Å². The fourth-order valence-electron chi connectivity index (χ4n) is 3.18. The molecule has 1 saturated heterocycles. The van der Waals surface area contributed by atoms with Crippen molar-refractivity contribution in [3.8, 4) is 0 Å². The standard InChI is InChI=1S/C16H20F2N2O/c1-10-5-11(2)14-7-12(19-15(14)6-10)8-20-4-3-13(9-20)21-16(17)18/h5-7,13,16,19H,3-4,8-9H2,1-2H3/t13-/m0/s1. The van der Waals surface area contributed by atoms with Crippen LogP contribution in [0.5, 0.6) is 0 Å². The maximum atomic E-state index is 12.2. The number of fused-ring (bicyclic) bond motifs is 1. The van der Waals surface area contributed by atoms with Gasteiger partial charge < -0.3 is 9.72 Å². The molecule has 2 aromatic rings. The molecule has 3 nitrogen and oxygen atoms in total. The minimum atomic E-state index is -2.67. The number of nitrogens with zero attached hydrogens (tertiary/aromatic N) is 1. The van der Waals surface area contributed by atoms with E-state index in [4.69, 9.17) is 0 Å². The van der Waals surface area contributed by atoms with Gasteiger partial charge >= 0.3 is 6.61 Å². The molecule has 0 bridgehead atoms. The smallest absolute Gasteiger partial charge is 0.345 e. The molecular weight excluding hydrogens is 274 g/mol. The molecule has 114 valence electrons. The van der Waals surface area contributed by atoms with Crippen molar-refractivity contribution in [3.05, 3.63) is 35.0 Å². The lowest BCUT2D eigenvalue weighted by atomic mass is 10.1. The van der Waals surface area contributed by atoms with Gasteiger partial charge in [0.05, 0.1) is 6.10 Å². The van der Waals surface area contributed by atoms with Crippen LogP contribution in [0.25, 0.3) is 10.9 Å². The van der Waals surface area contributed by atoms with Crippen LogP contribution < -0.4 is 0 Å². The van der Waals surface area contributed by atoms with E-state index in [1.165, 1.54) is 16.5 Å². The summed E-state index contributed by atoms with van der Waals surface area (Å²) in [6.07, 6.45) is 0.321. The third kappa shape index (κ3) is 3.24. The van der Waals surface area contributed by atoms with E-state index in [2.05, 4.69) is 46.7 Å². The molecular formula is C16H20F2N2O. The van der Waals surface area contributed by atoms with Gasteiger partial charge in [-0.15, -0.1) is 0 Å².